The van der Waals surface area contributed by atoms with Crippen molar-refractivity contribution in [2.75, 3.05) is 13.7 Å². The van der Waals surface area contributed by atoms with Crippen molar-refractivity contribution in [3.8, 4) is 10.8 Å². The van der Waals surface area contributed by atoms with Gasteiger partial charge >= 0.3 is 6.03 Å². The number of carbonyl (C=O) groups is 1. The number of fused-ring (bicyclic) bond motifs is 5. The van der Waals surface area contributed by atoms with Crippen molar-refractivity contribution >= 4 is 17.4 Å². The van der Waals surface area contributed by atoms with Gasteiger partial charge in [-0.1, -0.05) is 26.0 Å². The molecule has 0 fully saturated rings. The molecule has 5 nitrogen and oxygen atoms in total. The van der Waals surface area contributed by atoms with E-state index >= 15 is 0 Å². The van der Waals surface area contributed by atoms with Gasteiger partial charge in [-0.15, -0.1) is 11.3 Å². The quantitative estimate of drug-likeness (QED) is 0.498. The molecule has 1 atom stereocenters. The van der Waals surface area contributed by atoms with Gasteiger partial charge in [0.2, 0.25) is 0 Å². The summed E-state index contributed by atoms with van der Waals surface area (Å²) in [5, 5.41) is 4.51. The molecule has 1 aromatic carbocycles. The summed E-state index contributed by atoms with van der Waals surface area (Å²) in [4.78, 5) is 17.2. The van der Waals surface area contributed by atoms with E-state index in [4.69, 9.17) is 4.74 Å². The molecule has 174 valence electrons. The normalized spacial score (nSPS) is 17.2. The van der Waals surface area contributed by atoms with Crippen LogP contribution in [0.1, 0.15) is 66.4 Å². The first-order valence-corrected chi connectivity index (χ1v) is 12.9. The zero-order valence-corrected chi connectivity index (χ0v) is 20.6. The SMILES string of the molecule is COc1ccc([C@H]2c3cccn3-c3sc4c(c3CN2C(=O)NCCC(C)C)CCCC4)cc1. The molecule has 0 saturated heterocycles. The minimum Gasteiger partial charge on any atom is -0.497 e. The van der Waals surface area contributed by atoms with Crippen LogP contribution < -0.4 is 10.1 Å². The number of aryl methyl sites for hydroxylation is 1. The summed E-state index contributed by atoms with van der Waals surface area (Å²) < 4.78 is 7.72. The van der Waals surface area contributed by atoms with Crippen LogP contribution in [0.3, 0.4) is 0 Å². The minimum absolute atomic E-state index is 0.00725. The number of aromatic nitrogens is 1. The van der Waals surface area contributed by atoms with Gasteiger partial charge in [0.1, 0.15) is 10.8 Å². The fraction of sp³-hybridized carbons (Fsp3) is 0.444. The number of thiophene rings is 1. The molecular weight excluding hydrogens is 430 g/mol. The van der Waals surface area contributed by atoms with Crippen molar-refractivity contribution in [1.82, 2.24) is 14.8 Å². The number of amides is 2. The number of hydrogen-bond donors (Lipinski definition) is 1. The highest BCUT2D eigenvalue weighted by molar-refractivity contribution is 7.15. The highest BCUT2D eigenvalue weighted by atomic mass is 32.1. The van der Waals surface area contributed by atoms with E-state index in [0.29, 0.717) is 19.0 Å². The molecule has 0 unspecified atom stereocenters. The monoisotopic (exact) mass is 463 g/mol. The van der Waals surface area contributed by atoms with E-state index in [-0.39, 0.29) is 12.1 Å². The highest BCUT2D eigenvalue weighted by Crippen LogP contribution is 2.44. The van der Waals surface area contributed by atoms with E-state index in [1.807, 2.05) is 28.4 Å². The van der Waals surface area contributed by atoms with Crippen LogP contribution in [0, 0.1) is 5.92 Å². The van der Waals surface area contributed by atoms with Crippen LogP contribution in [-0.4, -0.2) is 29.2 Å². The predicted octanol–water partition coefficient (Wildman–Crippen LogP) is 6.09. The van der Waals surface area contributed by atoms with Crippen LogP contribution in [0.15, 0.2) is 42.6 Å². The van der Waals surface area contributed by atoms with Crippen LogP contribution in [0.5, 0.6) is 5.75 Å². The van der Waals surface area contributed by atoms with Crippen LogP contribution in [0.4, 0.5) is 4.79 Å². The van der Waals surface area contributed by atoms with Gasteiger partial charge in [-0.3, -0.25) is 0 Å². The van der Waals surface area contributed by atoms with E-state index < -0.39 is 0 Å². The van der Waals surface area contributed by atoms with Gasteiger partial charge in [-0.25, -0.2) is 4.79 Å². The first-order chi connectivity index (χ1) is 16.1. The van der Waals surface area contributed by atoms with Gasteiger partial charge in [0.05, 0.1) is 25.4 Å². The molecule has 2 amide bonds. The summed E-state index contributed by atoms with van der Waals surface area (Å²) in [7, 11) is 1.68. The highest BCUT2D eigenvalue weighted by Gasteiger charge is 2.35. The van der Waals surface area contributed by atoms with E-state index in [1.54, 1.807) is 7.11 Å². The summed E-state index contributed by atoms with van der Waals surface area (Å²) in [6, 6.07) is 12.3. The number of hydrogen-bond acceptors (Lipinski definition) is 3. The number of carbonyl (C=O) groups excluding carboxylic acids is 1. The van der Waals surface area contributed by atoms with Gasteiger partial charge in [0.25, 0.3) is 0 Å². The number of rotatable bonds is 5. The van der Waals surface area contributed by atoms with Crippen LogP contribution in [-0.2, 0) is 19.4 Å². The molecule has 0 saturated carbocycles. The Hall–Kier alpha value is -2.73. The molecule has 6 heteroatoms. The zero-order chi connectivity index (χ0) is 22.9. The van der Waals surface area contributed by atoms with Gasteiger partial charge in [-0.2, -0.15) is 0 Å². The van der Waals surface area contributed by atoms with E-state index in [0.717, 1.165) is 36.3 Å². The van der Waals surface area contributed by atoms with E-state index in [1.165, 1.54) is 33.8 Å². The summed E-state index contributed by atoms with van der Waals surface area (Å²) >= 11 is 1.92. The minimum atomic E-state index is -0.163. The molecule has 33 heavy (non-hydrogen) atoms. The molecular formula is C27H33N3O2S. The lowest BCUT2D eigenvalue weighted by atomic mass is 9.95. The summed E-state index contributed by atoms with van der Waals surface area (Å²) in [6.45, 7) is 5.70. The predicted molar refractivity (Wildman–Crippen MR) is 134 cm³/mol. The van der Waals surface area contributed by atoms with E-state index in [9.17, 15) is 4.79 Å². The third-order valence-electron chi connectivity index (χ3n) is 6.87. The standard InChI is InChI=1S/C27H33N3O2S/c1-18(2)14-15-28-27(31)30-17-22-21-7-4-5-9-24(21)33-26(22)29-16-6-8-23(29)25(30)19-10-12-20(32-3)13-11-19/h6,8,10-13,16,18,25H,4-5,7,9,14-15,17H2,1-3H3,(H,28,31)/t25-/m0/s1. The molecule has 3 aromatic rings. The Bertz CT molecular complexity index is 1130. The third-order valence-corrected chi connectivity index (χ3v) is 8.20. The van der Waals surface area contributed by atoms with Gasteiger partial charge in [0, 0.05) is 23.2 Å². The zero-order valence-electron chi connectivity index (χ0n) is 19.8. The Labute approximate surface area is 200 Å². The maximum atomic E-state index is 13.7. The Kier molecular flexibility index (Phi) is 6.19. The smallest absolute Gasteiger partial charge is 0.318 e. The maximum absolute atomic E-state index is 13.7. The molecule has 1 aliphatic heterocycles. The van der Waals surface area contributed by atoms with Crippen LogP contribution in [0.2, 0.25) is 0 Å². The Balaban J connectivity index is 1.60. The average Bonchev–Trinajstić information content (AvgIpc) is 3.41. The van der Waals surface area contributed by atoms with Crippen molar-refractivity contribution in [3.05, 3.63) is 69.9 Å². The number of ether oxygens (including phenoxy) is 1. The first-order valence-electron chi connectivity index (χ1n) is 12.1. The van der Waals surface area contributed by atoms with Crippen molar-refractivity contribution < 1.29 is 9.53 Å². The number of urea groups is 1. The second kappa shape index (κ2) is 9.26. The number of benzene rings is 1. The molecule has 1 N–H and O–H groups in total. The van der Waals surface area contributed by atoms with Gasteiger partial charge in [-0.05, 0) is 73.4 Å². The molecule has 0 spiro atoms. The molecule has 5 rings (SSSR count). The second-order valence-corrected chi connectivity index (χ2v) is 10.6. The third kappa shape index (κ3) is 4.17. The van der Waals surface area contributed by atoms with Crippen molar-refractivity contribution in [2.24, 2.45) is 5.92 Å². The molecule has 3 heterocycles. The first kappa shape index (κ1) is 22.1. The van der Waals surface area contributed by atoms with Gasteiger partial charge in [0.15, 0.2) is 0 Å². The summed E-state index contributed by atoms with van der Waals surface area (Å²) in [5.41, 5.74) is 5.05. The summed E-state index contributed by atoms with van der Waals surface area (Å²) in [5.74, 6) is 1.38. The molecule has 0 radical (unpaired) electrons. The summed E-state index contributed by atoms with van der Waals surface area (Å²) in [6.07, 6.45) is 7.91. The van der Waals surface area contributed by atoms with Crippen LogP contribution >= 0.6 is 11.3 Å². The molecule has 2 aromatic heterocycles. The number of nitrogens with one attached hydrogen (secondary N) is 1. The lowest BCUT2D eigenvalue weighted by Crippen LogP contribution is -2.42. The Morgan fingerprint density at radius 3 is 2.70 bits per heavy atom. The number of methoxy groups -OCH3 is 1. The fourth-order valence-electron chi connectivity index (χ4n) is 5.09. The molecule has 2 aliphatic rings. The molecule has 1 aliphatic carbocycles. The average molecular weight is 464 g/mol. The second-order valence-electron chi connectivity index (χ2n) is 9.52. The lowest BCUT2D eigenvalue weighted by Gasteiger charge is -2.31. The van der Waals surface area contributed by atoms with Crippen LogP contribution in [0.25, 0.3) is 5.00 Å². The van der Waals surface area contributed by atoms with E-state index in [2.05, 4.69) is 54.2 Å². The largest absolute Gasteiger partial charge is 0.497 e. The Morgan fingerprint density at radius 1 is 1.15 bits per heavy atom. The maximum Gasteiger partial charge on any atom is 0.318 e. The lowest BCUT2D eigenvalue weighted by molar-refractivity contribution is 0.180. The van der Waals surface area contributed by atoms with Crippen molar-refractivity contribution in [3.63, 3.8) is 0 Å². The van der Waals surface area contributed by atoms with Crippen molar-refractivity contribution in [1.29, 1.82) is 0 Å². The fourth-order valence-corrected chi connectivity index (χ4v) is 6.50. The number of nitrogens with zero attached hydrogens (tertiary/aromatic N) is 2. The van der Waals surface area contributed by atoms with Gasteiger partial charge < -0.3 is 19.5 Å². The van der Waals surface area contributed by atoms with Crippen molar-refractivity contribution in [2.45, 2.75) is 58.5 Å². The Morgan fingerprint density at radius 2 is 1.94 bits per heavy atom. The molecule has 0 bridgehead atoms. The topological polar surface area (TPSA) is 46.5 Å².